The molecule has 0 aliphatic carbocycles. The number of anilines is 2. The van der Waals surface area contributed by atoms with Crippen molar-refractivity contribution in [1.82, 2.24) is 4.98 Å². The number of aromatic nitrogens is 1. The van der Waals surface area contributed by atoms with E-state index in [-0.39, 0.29) is 0 Å². The Hall–Kier alpha value is -2.51. The summed E-state index contributed by atoms with van der Waals surface area (Å²) in [6, 6.07) is 8.13. The number of aryl methyl sites for hydroxylation is 1. The molecule has 0 bridgehead atoms. The van der Waals surface area contributed by atoms with Gasteiger partial charge in [0.05, 0.1) is 18.9 Å². The molecule has 23 heavy (non-hydrogen) atoms. The van der Waals surface area contributed by atoms with E-state index in [9.17, 15) is 0 Å². The van der Waals surface area contributed by atoms with E-state index in [1.165, 1.54) is 5.56 Å². The van der Waals surface area contributed by atoms with Crippen LogP contribution in [-0.4, -0.2) is 31.3 Å². The Balaban J connectivity index is 2.08. The van der Waals surface area contributed by atoms with Crippen LogP contribution in [0.2, 0.25) is 0 Å². The van der Waals surface area contributed by atoms with Crippen molar-refractivity contribution in [3.63, 3.8) is 0 Å². The first kappa shape index (κ1) is 15.4. The number of ether oxygens (including phenoxy) is 1. The molecule has 1 aromatic carbocycles. The molecule has 0 spiro atoms. The summed E-state index contributed by atoms with van der Waals surface area (Å²) in [5.74, 6) is 6.06. The van der Waals surface area contributed by atoms with Gasteiger partial charge >= 0.3 is 0 Å². The lowest BCUT2D eigenvalue weighted by atomic mass is 10.0. The van der Waals surface area contributed by atoms with Crippen LogP contribution >= 0.6 is 0 Å². The zero-order valence-corrected chi connectivity index (χ0v) is 13.6. The third kappa shape index (κ3) is 3.30. The molecule has 2 N–H and O–H groups in total. The molecule has 0 radical (unpaired) electrons. The third-order valence-corrected chi connectivity index (χ3v) is 4.04. The summed E-state index contributed by atoms with van der Waals surface area (Å²) in [6.45, 7) is 7.11. The number of nitrogens with zero attached hydrogens (tertiary/aromatic N) is 2. The van der Waals surface area contributed by atoms with Crippen LogP contribution < -0.4 is 10.6 Å². The lowest BCUT2D eigenvalue weighted by Crippen LogP contribution is -2.36. The maximum atomic E-state index is 5.95. The molecule has 2 heterocycles. The van der Waals surface area contributed by atoms with Crippen LogP contribution in [0.25, 0.3) is 11.1 Å². The molecule has 4 heteroatoms. The van der Waals surface area contributed by atoms with Crippen molar-refractivity contribution < 1.29 is 4.74 Å². The highest BCUT2D eigenvalue weighted by molar-refractivity contribution is 5.75. The quantitative estimate of drug-likeness (QED) is 0.685. The van der Waals surface area contributed by atoms with Crippen LogP contribution in [0.4, 0.5) is 11.4 Å². The van der Waals surface area contributed by atoms with Gasteiger partial charge in [-0.2, -0.15) is 0 Å². The number of nitrogens with two attached hydrogens (primary N) is 1. The van der Waals surface area contributed by atoms with E-state index in [4.69, 9.17) is 10.5 Å². The summed E-state index contributed by atoms with van der Waals surface area (Å²) in [5, 5.41) is 0. The van der Waals surface area contributed by atoms with E-state index in [0.717, 1.165) is 54.5 Å². The SMILES string of the molecule is CC#Cc1ncc(-c2cc(N)ccc2C)cc1N1CCOCC1. The van der Waals surface area contributed by atoms with E-state index < -0.39 is 0 Å². The van der Waals surface area contributed by atoms with Crippen LogP contribution in [0.15, 0.2) is 30.5 Å². The van der Waals surface area contributed by atoms with Crippen LogP contribution in [0.3, 0.4) is 0 Å². The molecule has 0 unspecified atom stereocenters. The van der Waals surface area contributed by atoms with Gasteiger partial charge in [0.2, 0.25) is 0 Å². The minimum Gasteiger partial charge on any atom is -0.399 e. The fraction of sp³-hybridized carbons (Fsp3) is 0.316. The number of morpholine rings is 1. The maximum absolute atomic E-state index is 5.95. The van der Waals surface area contributed by atoms with Crippen LogP contribution in [0, 0.1) is 18.8 Å². The van der Waals surface area contributed by atoms with Crippen LogP contribution in [0.5, 0.6) is 0 Å². The van der Waals surface area contributed by atoms with E-state index in [1.54, 1.807) is 0 Å². The molecule has 1 fully saturated rings. The Morgan fingerprint density at radius 3 is 2.74 bits per heavy atom. The van der Waals surface area contributed by atoms with Crippen molar-refractivity contribution in [2.75, 3.05) is 36.9 Å². The second-order valence-electron chi connectivity index (χ2n) is 5.64. The van der Waals surface area contributed by atoms with E-state index in [1.807, 2.05) is 31.3 Å². The first-order valence-electron chi connectivity index (χ1n) is 7.81. The average molecular weight is 307 g/mol. The van der Waals surface area contributed by atoms with Gasteiger partial charge in [-0.25, -0.2) is 4.98 Å². The summed E-state index contributed by atoms with van der Waals surface area (Å²) < 4.78 is 5.46. The fourth-order valence-electron chi connectivity index (χ4n) is 2.81. The minimum absolute atomic E-state index is 0.737. The second kappa shape index (κ2) is 6.72. The van der Waals surface area contributed by atoms with Gasteiger partial charge in [0.15, 0.2) is 0 Å². The number of hydrogen-bond acceptors (Lipinski definition) is 4. The predicted octanol–water partition coefficient (Wildman–Crippen LogP) is 2.85. The number of rotatable bonds is 2. The second-order valence-corrected chi connectivity index (χ2v) is 5.64. The van der Waals surface area contributed by atoms with Gasteiger partial charge < -0.3 is 15.4 Å². The molecule has 0 saturated carbocycles. The fourth-order valence-corrected chi connectivity index (χ4v) is 2.81. The highest BCUT2D eigenvalue weighted by Gasteiger charge is 2.16. The lowest BCUT2D eigenvalue weighted by molar-refractivity contribution is 0.122. The van der Waals surface area contributed by atoms with Gasteiger partial charge in [0.25, 0.3) is 0 Å². The molecule has 0 amide bonds. The van der Waals surface area contributed by atoms with Crippen LogP contribution in [0.1, 0.15) is 18.2 Å². The maximum Gasteiger partial charge on any atom is 0.136 e. The Labute approximate surface area is 137 Å². The number of pyridine rings is 1. The molecule has 4 nitrogen and oxygen atoms in total. The number of hydrogen-bond donors (Lipinski definition) is 1. The first-order chi connectivity index (χ1) is 11.2. The monoisotopic (exact) mass is 307 g/mol. The molecular formula is C19H21N3O. The molecule has 3 rings (SSSR count). The average Bonchev–Trinajstić information content (AvgIpc) is 2.58. The molecule has 2 aromatic rings. The lowest BCUT2D eigenvalue weighted by Gasteiger charge is -2.29. The van der Waals surface area contributed by atoms with Crippen molar-refractivity contribution in [2.24, 2.45) is 0 Å². The summed E-state index contributed by atoms with van der Waals surface area (Å²) in [4.78, 5) is 6.89. The number of benzene rings is 1. The highest BCUT2D eigenvalue weighted by Crippen LogP contribution is 2.30. The summed E-state index contributed by atoms with van der Waals surface area (Å²) in [7, 11) is 0. The smallest absolute Gasteiger partial charge is 0.136 e. The van der Waals surface area contributed by atoms with Gasteiger partial charge in [-0.3, -0.25) is 0 Å². The minimum atomic E-state index is 0.737. The molecule has 1 aliphatic heterocycles. The van der Waals surface area contributed by atoms with E-state index in [0.29, 0.717) is 0 Å². The first-order valence-corrected chi connectivity index (χ1v) is 7.81. The van der Waals surface area contributed by atoms with Crippen molar-refractivity contribution in [1.29, 1.82) is 0 Å². The third-order valence-electron chi connectivity index (χ3n) is 4.04. The number of nitrogen functional groups attached to an aromatic ring is 1. The molecule has 0 atom stereocenters. The molecule has 1 saturated heterocycles. The molecule has 1 aliphatic rings. The Morgan fingerprint density at radius 2 is 2.00 bits per heavy atom. The van der Waals surface area contributed by atoms with Crippen LogP contribution in [-0.2, 0) is 4.74 Å². The van der Waals surface area contributed by atoms with Gasteiger partial charge in [0.1, 0.15) is 5.69 Å². The van der Waals surface area contributed by atoms with Crippen molar-refractivity contribution in [2.45, 2.75) is 13.8 Å². The molecule has 1 aromatic heterocycles. The standard InChI is InChI=1S/C19H21N3O/c1-3-4-18-19(22-7-9-23-10-8-22)11-15(13-21-18)17-12-16(20)6-5-14(17)2/h5-6,11-13H,7-10,20H2,1-2H3. The van der Waals surface area contributed by atoms with E-state index >= 15 is 0 Å². The van der Waals surface area contributed by atoms with Gasteiger partial charge in [-0.15, -0.1) is 0 Å². The topological polar surface area (TPSA) is 51.4 Å². The highest BCUT2D eigenvalue weighted by atomic mass is 16.5. The van der Waals surface area contributed by atoms with Crippen molar-refractivity contribution in [3.05, 3.63) is 41.7 Å². The zero-order chi connectivity index (χ0) is 16.2. The summed E-state index contributed by atoms with van der Waals surface area (Å²) >= 11 is 0. The van der Waals surface area contributed by atoms with Gasteiger partial charge in [-0.1, -0.05) is 12.0 Å². The molecular weight excluding hydrogens is 286 g/mol. The Kier molecular flexibility index (Phi) is 4.50. The van der Waals surface area contributed by atoms with Gasteiger partial charge in [-0.05, 0) is 49.1 Å². The van der Waals surface area contributed by atoms with E-state index in [2.05, 4.69) is 34.7 Å². The van der Waals surface area contributed by atoms with Crippen molar-refractivity contribution in [3.8, 4) is 23.0 Å². The van der Waals surface area contributed by atoms with Gasteiger partial charge in [0, 0.05) is 30.5 Å². The Morgan fingerprint density at radius 1 is 1.22 bits per heavy atom. The summed E-state index contributed by atoms with van der Waals surface area (Å²) in [5.41, 5.74) is 12.0. The molecule has 118 valence electrons. The Bertz CT molecular complexity index is 768. The van der Waals surface area contributed by atoms with Crippen molar-refractivity contribution >= 4 is 11.4 Å². The summed E-state index contributed by atoms with van der Waals surface area (Å²) in [6.07, 6.45) is 1.88. The largest absolute Gasteiger partial charge is 0.399 e. The zero-order valence-electron chi connectivity index (χ0n) is 13.6. The normalized spacial score (nSPS) is 14.3. The predicted molar refractivity (Wildman–Crippen MR) is 94.4 cm³/mol.